The molecule has 1 unspecified atom stereocenters. The second kappa shape index (κ2) is 22.5. The summed E-state index contributed by atoms with van der Waals surface area (Å²) in [6.07, 6.45) is 31.7. The molecule has 0 amide bonds. The minimum atomic E-state index is 0.716. The molecule has 0 fully saturated rings. The molecule has 0 aromatic carbocycles. The summed E-state index contributed by atoms with van der Waals surface area (Å²) in [5, 5.41) is 0. The molecule has 0 aliphatic heterocycles. The van der Waals surface area contributed by atoms with E-state index in [1.807, 2.05) is 27.7 Å². The van der Waals surface area contributed by atoms with Crippen molar-refractivity contribution >= 4 is 0 Å². The summed E-state index contributed by atoms with van der Waals surface area (Å²) >= 11 is 0. The first-order chi connectivity index (χ1) is 13.2. The van der Waals surface area contributed by atoms with E-state index in [2.05, 4.69) is 87.6 Å². The van der Waals surface area contributed by atoms with Gasteiger partial charge in [-0.2, -0.15) is 0 Å². The summed E-state index contributed by atoms with van der Waals surface area (Å²) in [6.45, 7) is 14.7. The second-order valence-corrected chi connectivity index (χ2v) is 6.51. The lowest BCUT2D eigenvalue weighted by Crippen LogP contribution is -1.94. The maximum Gasteiger partial charge on any atom is -0.0160 e. The lowest BCUT2D eigenvalue weighted by atomic mass is 9.97. The summed E-state index contributed by atoms with van der Waals surface area (Å²) in [5.41, 5.74) is 1.49. The topological polar surface area (TPSA) is 0 Å². The highest BCUT2D eigenvalue weighted by atomic mass is 14.1. The van der Waals surface area contributed by atoms with E-state index in [0.717, 1.165) is 18.8 Å². The van der Waals surface area contributed by atoms with Gasteiger partial charge in [-0.1, -0.05) is 122 Å². The Morgan fingerprint density at radius 1 is 0.963 bits per heavy atom. The minimum absolute atomic E-state index is 0.716. The van der Waals surface area contributed by atoms with E-state index < -0.39 is 0 Å². The van der Waals surface area contributed by atoms with Crippen molar-refractivity contribution in [2.24, 2.45) is 11.8 Å². The highest BCUT2D eigenvalue weighted by molar-refractivity contribution is 5.27. The van der Waals surface area contributed by atoms with Gasteiger partial charge in [0, 0.05) is 0 Å². The predicted molar refractivity (Wildman–Crippen MR) is 128 cm³/mol. The molecule has 2 aliphatic carbocycles. The van der Waals surface area contributed by atoms with Gasteiger partial charge >= 0.3 is 0 Å². The average molecular weight is 371 g/mol. The van der Waals surface area contributed by atoms with Crippen molar-refractivity contribution in [1.29, 1.82) is 0 Å². The highest BCUT2D eigenvalue weighted by Crippen LogP contribution is 2.17. The molecule has 0 saturated carbocycles. The van der Waals surface area contributed by atoms with Crippen LogP contribution in [0.25, 0.3) is 0 Å². The van der Waals surface area contributed by atoms with Crippen molar-refractivity contribution < 1.29 is 0 Å². The van der Waals surface area contributed by atoms with Crippen LogP contribution in [0.1, 0.15) is 87.0 Å². The molecule has 0 nitrogen and oxygen atoms in total. The van der Waals surface area contributed by atoms with Crippen LogP contribution in [-0.2, 0) is 0 Å². The lowest BCUT2D eigenvalue weighted by Gasteiger charge is -2.08. The standard InChI is InChI=1S/C15H22.C8H12.2C2H6/c1-2-3-4-5-6-7-9-12-15-13-10-8-11-14-15;1-7(2)8-5-3-4-6-8;2*1-2/h4-5,7-11,13,15H,2-3,6,12,14H2,1H3;3,5-7H,4H2,1-2H3;2*1-2H3/b5-4-,9-7+;;;. The SMILES string of the molecule is CC.CC.CC(C)C1=CCC=C1.CCC/C=C\C/C=C/CC1C=CC=CC1. The fourth-order valence-electron chi connectivity index (χ4n) is 2.54. The van der Waals surface area contributed by atoms with Crippen LogP contribution in [0.5, 0.6) is 0 Å². The molecular formula is C27H46. The van der Waals surface area contributed by atoms with Gasteiger partial charge in [0.15, 0.2) is 0 Å². The zero-order chi connectivity index (χ0) is 20.8. The Kier molecular flexibility index (Phi) is 23.0. The van der Waals surface area contributed by atoms with Crippen LogP contribution < -0.4 is 0 Å². The van der Waals surface area contributed by atoms with Crippen molar-refractivity contribution in [3.63, 3.8) is 0 Å². The van der Waals surface area contributed by atoms with Gasteiger partial charge in [-0.25, -0.2) is 0 Å². The molecule has 1 atom stereocenters. The normalized spacial score (nSPS) is 17.2. The van der Waals surface area contributed by atoms with Gasteiger partial charge in [-0.05, 0) is 49.5 Å². The van der Waals surface area contributed by atoms with Gasteiger partial charge in [-0.15, -0.1) is 0 Å². The number of allylic oxidation sites excluding steroid dienone is 12. The first-order valence-corrected chi connectivity index (χ1v) is 11.2. The van der Waals surface area contributed by atoms with Gasteiger partial charge in [0.05, 0.1) is 0 Å². The average Bonchev–Trinajstić information content (AvgIpc) is 3.27. The largest absolute Gasteiger partial charge is 0.0882 e. The lowest BCUT2D eigenvalue weighted by molar-refractivity contribution is 0.668. The molecule has 0 bridgehead atoms. The third-order valence-electron chi connectivity index (χ3n) is 4.04. The molecule has 27 heavy (non-hydrogen) atoms. The van der Waals surface area contributed by atoms with Crippen LogP contribution in [0, 0.1) is 11.8 Å². The Morgan fingerprint density at radius 2 is 1.67 bits per heavy atom. The summed E-state index contributed by atoms with van der Waals surface area (Å²) < 4.78 is 0. The van der Waals surface area contributed by atoms with Gasteiger partial charge in [-0.3, -0.25) is 0 Å². The summed E-state index contributed by atoms with van der Waals surface area (Å²) in [5.74, 6) is 1.44. The predicted octanol–water partition coefficient (Wildman–Crippen LogP) is 9.39. The molecule has 0 radical (unpaired) electrons. The van der Waals surface area contributed by atoms with Crippen molar-refractivity contribution in [3.8, 4) is 0 Å². The van der Waals surface area contributed by atoms with Crippen LogP contribution in [0.3, 0.4) is 0 Å². The van der Waals surface area contributed by atoms with Crippen LogP contribution in [0.2, 0.25) is 0 Å². The molecule has 2 aliphatic rings. The number of unbranched alkanes of at least 4 members (excludes halogenated alkanes) is 1. The summed E-state index contributed by atoms with van der Waals surface area (Å²) in [7, 11) is 0. The van der Waals surface area contributed by atoms with Crippen molar-refractivity contribution in [3.05, 3.63) is 72.4 Å². The zero-order valence-corrected chi connectivity index (χ0v) is 19.2. The second-order valence-electron chi connectivity index (χ2n) is 6.51. The molecule has 0 N–H and O–H groups in total. The van der Waals surface area contributed by atoms with Crippen molar-refractivity contribution in [2.75, 3.05) is 0 Å². The van der Waals surface area contributed by atoms with Crippen molar-refractivity contribution in [1.82, 2.24) is 0 Å². The molecule has 0 spiro atoms. The van der Waals surface area contributed by atoms with Crippen LogP contribution in [0.4, 0.5) is 0 Å². The molecule has 2 rings (SSSR count). The minimum Gasteiger partial charge on any atom is -0.0882 e. The van der Waals surface area contributed by atoms with Gasteiger partial charge in [0.25, 0.3) is 0 Å². The Morgan fingerprint density at radius 3 is 2.15 bits per heavy atom. The van der Waals surface area contributed by atoms with Crippen LogP contribution in [0.15, 0.2) is 72.4 Å². The van der Waals surface area contributed by atoms with Gasteiger partial charge in [0.2, 0.25) is 0 Å². The van der Waals surface area contributed by atoms with Crippen molar-refractivity contribution in [2.45, 2.75) is 87.0 Å². The van der Waals surface area contributed by atoms with E-state index in [1.54, 1.807) is 0 Å². The van der Waals surface area contributed by atoms with E-state index in [0.29, 0.717) is 5.92 Å². The zero-order valence-electron chi connectivity index (χ0n) is 19.2. The Balaban J connectivity index is 0. The Labute approximate surface area is 171 Å². The maximum atomic E-state index is 2.31. The first kappa shape index (κ1) is 27.7. The monoisotopic (exact) mass is 370 g/mol. The molecule has 0 aromatic rings. The highest BCUT2D eigenvalue weighted by Gasteiger charge is 2.01. The fourth-order valence-corrected chi connectivity index (χ4v) is 2.54. The molecule has 154 valence electrons. The molecule has 0 saturated heterocycles. The molecule has 0 heterocycles. The Hall–Kier alpha value is -1.56. The molecule has 0 heteroatoms. The van der Waals surface area contributed by atoms with Crippen LogP contribution in [-0.4, -0.2) is 0 Å². The van der Waals surface area contributed by atoms with Crippen LogP contribution >= 0.6 is 0 Å². The van der Waals surface area contributed by atoms with Gasteiger partial charge in [0.1, 0.15) is 0 Å². The van der Waals surface area contributed by atoms with E-state index in [4.69, 9.17) is 0 Å². The van der Waals surface area contributed by atoms with E-state index in [9.17, 15) is 0 Å². The van der Waals surface area contributed by atoms with E-state index in [-0.39, 0.29) is 0 Å². The smallest absolute Gasteiger partial charge is 0.0160 e. The first-order valence-electron chi connectivity index (χ1n) is 11.2. The van der Waals surface area contributed by atoms with Gasteiger partial charge < -0.3 is 0 Å². The molecule has 0 aromatic heterocycles. The number of hydrogen-bond donors (Lipinski definition) is 0. The maximum absolute atomic E-state index is 2.31. The third kappa shape index (κ3) is 17.6. The third-order valence-corrected chi connectivity index (χ3v) is 4.04. The van der Waals surface area contributed by atoms with E-state index in [1.165, 1.54) is 31.3 Å². The quantitative estimate of drug-likeness (QED) is 0.391. The number of hydrogen-bond acceptors (Lipinski definition) is 0. The summed E-state index contributed by atoms with van der Waals surface area (Å²) in [4.78, 5) is 0. The number of rotatable bonds is 7. The summed E-state index contributed by atoms with van der Waals surface area (Å²) in [6, 6.07) is 0. The Bertz CT molecular complexity index is 466. The molecular weight excluding hydrogens is 324 g/mol. The van der Waals surface area contributed by atoms with E-state index >= 15 is 0 Å². The fraction of sp³-hybridized carbons (Fsp3) is 0.556.